The number of carbonyl (C=O) groups is 2. The van der Waals surface area contributed by atoms with Gasteiger partial charge in [0.15, 0.2) is 0 Å². The molecule has 1 fully saturated rings. The molecule has 1 aliphatic rings. The first kappa shape index (κ1) is 20.0. The van der Waals surface area contributed by atoms with Crippen LogP contribution in [0.2, 0.25) is 0 Å². The van der Waals surface area contributed by atoms with Crippen molar-refractivity contribution in [1.82, 2.24) is 10.2 Å². The SMILES string of the molecule is CC(C)CC1CN(C(=O)C=Cc2ccc(N)cc2)C(CC(C)C)C(=O)N1. The first-order chi connectivity index (χ1) is 12.3. The van der Waals surface area contributed by atoms with Crippen LogP contribution in [0.3, 0.4) is 0 Å². The number of hydrogen-bond acceptors (Lipinski definition) is 3. The third kappa shape index (κ3) is 5.61. The summed E-state index contributed by atoms with van der Waals surface area (Å²) in [5.41, 5.74) is 7.29. The van der Waals surface area contributed by atoms with E-state index in [1.54, 1.807) is 29.2 Å². The molecule has 0 radical (unpaired) electrons. The summed E-state index contributed by atoms with van der Waals surface area (Å²) in [5.74, 6) is 0.647. The standard InChI is InChI=1S/C21H31N3O2/c1-14(2)11-18-13-24(19(12-15(3)4)21(26)23-18)20(25)10-7-16-5-8-17(22)9-6-16/h5-10,14-15,18-19H,11-13,22H2,1-4H3,(H,23,26). The fraction of sp³-hybridized carbons (Fsp3) is 0.524. The first-order valence-electron chi connectivity index (χ1n) is 9.41. The lowest BCUT2D eigenvalue weighted by atomic mass is 9.95. The molecule has 5 heteroatoms. The summed E-state index contributed by atoms with van der Waals surface area (Å²) in [6.45, 7) is 8.95. The number of nitrogens with one attached hydrogen (secondary N) is 1. The molecule has 26 heavy (non-hydrogen) atoms. The van der Waals surface area contributed by atoms with Gasteiger partial charge in [-0.25, -0.2) is 0 Å². The smallest absolute Gasteiger partial charge is 0.247 e. The predicted octanol–water partition coefficient (Wildman–Crippen LogP) is 3.07. The van der Waals surface area contributed by atoms with Gasteiger partial charge in [0.1, 0.15) is 6.04 Å². The van der Waals surface area contributed by atoms with Crippen LogP contribution < -0.4 is 11.1 Å². The van der Waals surface area contributed by atoms with E-state index in [4.69, 9.17) is 5.73 Å². The van der Waals surface area contributed by atoms with Crippen molar-refractivity contribution in [3.05, 3.63) is 35.9 Å². The van der Waals surface area contributed by atoms with Crippen molar-refractivity contribution in [3.8, 4) is 0 Å². The molecule has 1 aliphatic heterocycles. The molecule has 1 saturated heterocycles. The summed E-state index contributed by atoms with van der Waals surface area (Å²) in [6.07, 6.45) is 4.87. The number of carbonyl (C=O) groups excluding carboxylic acids is 2. The van der Waals surface area contributed by atoms with Gasteiger partial charge >= 0.3 is 0 Å². The number of nitrogen functional groups attached to an aromatic ring is 1. The van der Waals surface area contributed by atoms with Crippen molar-refractivity contribution in [3.63, 3.8) is 0 Å². The highest BCUT2D eigenvalue weighted by Crippen LogP contribution is 2.20. The average Bonchev–Trinajstić information content (AvgIpc) is 2.55. The Hall–Kier alpha value is -2.30. The Bertz CT molecular complexity index is 650. The summed E-state index contributed by atoms with van der Waals surface area (Å²) in [4.78, 5) is 27.2. The van der Waals surface area contributed by atoms with Gasteiger partial charge < -0.3 is 16.0 Å². The van der Waals surface area contributed by atoms with Gasteiger partial charge in [-0.1, -0.05) is 39.8 Å². The molecule has 1 aromatic rings. The number of anilines is 1. The number of hydrogen-bond donors (Lipinski definition) is 2. The van der Waals surface area contributed by atoms with Gasteiger partial charge in [-0.05, 0) is 48.4 Å². The van der Waals surface area contributed by atoms with Crippen molar-refractivity contribution >= 4 is 23.6 Å². The number of nitrogens with two attached hydrogens (primary N) is 1. The second-order valence-electron chi connectivity index (χ2n) is 7.97. The maximum atomic E-state index is 12.8. The predicted molar refractivity (Wildman–Crippen MR) is 106 cm³/mol. The van der Waals surface area contributed by atoms with Crippen LogP contribution in [0.4, 0.5) is 5.69 Å². The molecule has 0 saturated carbocycles. The fourth-order valence-electron chi connectivity index (χ4n) is 3.35. The third-order valence-corrected chi connectivity index (χ3v) is 4.53. The summed E-state index contributed by atoms with van der Waals surface area (Å²) in [7, 11) is 0. The van der Waals surface area contributed by atoms with E-state index in [1.807, 2.05) is 12.1 Å². The number of benzene rings is 1. The van der Waals surface area contributed by atoms with Crippen LogP contribution in [-0.4, -0.2) is 35.3 Å². The van der Waals surface area contributed by atoms with E-state index in [2.05, 4.69) is 33.0 Å². The maximum Gasteiger partial charge on any atom is 0.247 e. The molecule has 2 amide bonds. The highest BCUT2D eigenvalue weighted by atomic mass is 16.2. The molecule has 5 nitrogen and oxygen atoms in total. The van der Waals surface area contributed by atoms with Gasteiger partial charge in [0.05, 0.1) is 0 Å². The zero-order chi connectivity index (χ0) is 19.3. The summed E-state index contributed by atoms with van der Waals surface area (Å²) >= 11 is 0. The molecule has 0 aromatic heterocycles. The molecule has 2 rings (SSSR count). The van der Waals surface area contributed by atoms with Crippen LogP contribution in [0, 0.1) is 11.8 Å². The van der Waals surface area contributed by atoms with Crippen molar-refractivity contribution in [1.29, 1.82) is 0 Å². The molecule has 0 bridgehead atoms. The summed E-state index contributed by atoms with van der Waals surface area (Å²) < 4.78 is 0. The van der Waals surface area contributed by atoms with E-state index in [-0.39, 0.29) is 17.9 Å². The lowest BCUT2D eigenvalue weighted by Crippen LogP contribution is -2.61. The van der Waals surface area contributed by atoms with E-state index in [0.29, 0.717) is 30.5 Å². The molecular weight excluding hydrogens is 326 g/mol. The van der Waals surface area contributed by atoms with Crippen LogP contribution in [0.5, 0.6) is 0 Å². The summed E-state index contributed by atoms with van der Waals surface area (Å²) in [6, 6.07) is 6.96. The van der Waals surface area contributed by atoms with Crippen molar-refractivity contribution in [2.45, 2.75) is 52.6 Å². The van der Waals surface area contributed by atoms with Crippen molar-refractivity contribution in [2.75, 3.05) is 12.3 Å². The molecule has 0 spiro atoms. The van der Waals surface area contributed by atoms with Gasteiger partial charge in [-0.3, -0.25) is 9.59 Å². The lowest BCUT2D eigenvalue weighted by Gasteiger charge is -2.40. The average molecular weight is 357 g/mol. The minimum atomic E-state index is -0.401. The number of rotatable bonds is 6. The molecule has 1 heterocycles. The highest BCUT2D eigenvalue weighted by molar-refractivity contribution is 5.96. The van der Waals surface area contributed by atoms with Gasteiger partial charge in [0.2, 0.25) is 11.8 Å². The number of amides is 2. The molecule has 2 unspecified atom stereocenters. The Kier molecular flexibility index (Phi) is 6.83. The van der Waals surface area contributed by atoms with E-state index < -0.39 is 6.04 Å². The van der Waals surface area contributed by atoms with Gasteiger partial charge in [-0.15, -0.1) is 0 Å². The molecule has 0 aliphatic carbocycles. The fourth-order valence-corrected chi connectivity index (χ4v) is 3.35. The Morgan fingerprint density at radius 3 is 2.38 bits per heavy atom. The number of nitrogens with zero attached hydrogens (tertiary/aromatic N) is 1. The zero-order valence-corrected chi connectivity index (χ0v) is 16.2. The van der Waals surface area contributed by atoms with Crippen LogP contribution in [0.25, 0.3) is 6.08 Å². The Morgan fingerprint density at radius 2 is 1.81 bits per heavy atom. The second kappa shape index (κ2) is 8.88. The number of piperazine rings is 1. The first-order valence-corrected chi connectivity index (χ1v) is 9.41. The zero-order valence-electron chi connectivity index (χ0n) is 16.2. The van der Waals surface area contributed by atoms with E-state index >= 15 is 0 Å². The minimum Gasteiger partial charge on any atom is -0.399 e. The molecule has 142 valence electrons. The monoisotopic (exact) mass is 357 g/mol. The van der Waals surface area contributed by atoms with Gasteiger partial charge in [0, 0.05) is 24.4 Å². The Balaban J connectivity index is 2.16. The quantitative estimate of drug-likeness (QED) is 0.607. The Labute approximate surface area is 156 Å². The van der Waals surface area contributed by atoms with Crippen LogP contribution in [0.1, 0.15) is 46.1 Å². The van der Waals surface area contributed by atoms with Crippen LogP contribution in [0.15, 0.2) is 30.3 Å². The van der Waals surface area contributed by atoms with Gasteiger partial charge in [-0.2, -0.15) is 0 Å². The molecular formula is C21H31N3O2. The highest BCUT2D eigenvalue weighted by Gasteiger charge is 2.36. The van der Waals surface area contributed by atoms with E-state index in [0.717, 1.165) is 12.0 Å². The molecule has 2 atom stereocenters. The minimum absolute atomic E-state index is 0.0137. The van der Waals surface area contributed by atoms with Crippen LogP contribution >= 0.6 is 0 Å². The van der Waals surface area contributed by atoms with Crippen molar-refractivity contribution in [2.24, 2.45) is 11.8 Å². The third-order valence-electron chi connectivity index (χ3n) is 4.53. The normalized spacial score (nSPS) is 20.8. The second-order valence-corrected chi connectivity index (χ2v) is 7.97. The molecule has 1 aromatic carbocycles. The lowest BCUT2D eigenvalue weighted by molar-refractivity contribution is -0.142. The Morgan fingerprint density at radius 1 is 1.19 bits per heavy atom. The maximum absolute atomic E-state index is 12.8. The van der Waals surface area contributed by atoms with E-state index in [9.17, 15) is 9.59 Å². The topological polar surface area (TPSA) is 75.4 Å². The van der Waals surface area contributed by atoms with Gasteiger partial charge in [0.25, 0.3) is 0 Å². The van der Waals surface area contributed by atoms with Crippen LogP contribution in [-0.2, 0) is 9.59 Å². The van der Waals surface area contributed by atoms with E-state index in [1.165, 1.54) is 0 Å². The summed E-state index contributed by atoms with van der Waals surface area (Å²) in [5, 5.41) is 3.10. The largest absolute Gasteiger partial charge is 0.399 e. The molecule has 3 N–H and O–H groups in total. The van der Waals surface area contributed by atoms with Crippen molar-refractivity contribution < 1.29 is 9.59 Å².